The number of benzene rings is 2. The Kier molecular flexibility index (Phi) is 6.32. The van der Waals surface area contributed by atoms with Gasteiger partial charge in [0.1, 0.15) is 0 Å². The lowest BCUT2D eigenvalue weighted by atomic mass is 10.0. The molecule has 1 heterocycles. The number of cyclic esters (lactones) is 2. The van der Waals surface area contributed by atoms with Crippen molar-refractivity contribution in [1.82, 2.24) is 0 Å². The summed E-state index contributed by atoms with van der Waals surface area (Å²) < 4.78 is 10.2. The smallest absolute Gasteiger partial charge is 0.350 e. The van der Waals surface area contributed by atoms with Crippen LogP contribution >= 0.6 is 0 Å². The Morgan fingerprint density at radius 2 is 1.62 bits per heavy atom. The second-order valence-corrected chi connectivity index (χ2v) is 8.45. The lowest BCUT2D eigenvalue weighted by Gasteiger charge is -2.29. The largest absolute Gasteiger partial charge is 0.419 e. The van der Waals surface area contributed by atoms with Crippen molar-refractivity contribution in [3.8, 4) is 0 Å². The van der Waals surface area contributed by atoms with Crippen molar-refractivity contribution < 1.29 is 28.7 Å². The van der Waals surface area contributed by atoms with E-state index >= 15 is 0 Å². The van der Waals surface area contributed by atoms with E-state index < -0.39 is 17.7 Å². The monoisotopic (exact) mass is 460 g/mol. The van der Waals surface area contributed by atoms with E-state index in [1.165, 1.54) is 20.0 Å². The molecule has 0 spiro atoms. The Morgan fingerprint density at radius 3 is 2.29 bits per heavy atom. The van der Waals surface area contributed by atoms with E-state index in [0.717, 1.165) is 12.1 Å². The van der Waals surface area contributed by atoms with E-state index in [0.29, 0.717) is 35.3 Å². The minimum absolute atomic E-state index is 0.0252. The zero-order valence-electron chi connectivity index (χ0n) is 18.8. The van der Waals surface area contributed by atoms with Crippen molar-refractivity contribution >= 4 is 34.9 Å². The maximum Gasteiger partial charge on any atom is 0.350 e. The number of nitrogens with one attached hydrogen (secondary N) is 2. The highest BCUT2D eigenvalue weighted by Gasteiger charge is 2.39. The number of hydrogen-bond acceptors (Lipinski definition) is 8. The predicted molar refractivity (Wildman–Crippen MR) is 125 cm³/mol. The molecule has 2 aliphatic rings. The summed E-state index contributed by atoms with van der Waals surface area (Å²) in [5, 5.41) is 6.14. The molecule has 2 aromatic rings. The van der Waals surface area contributed by atoms with Crippen LogP contribution in [0.5, 0.6) is 0 Å². The summed E-state index contributed by atoms with van der Waals surface area (Å²) in [4.78, 5) is 49.3. The van der Waals surface area contributed by atoms with Crippen molar-refractivity contribution in [2.45, 2.75) is 38.9 Å². The second kappa shape index (κ2) is 9.35. The van der Waals surface area contributed by atoms with Crippen LogP contribution < -0.4 is 10.6 Å². The molecule has 0 bridgehead atoms. The number of rotatable bonds is 6. The molecule has 0 aromatic heterocycles. The van der Waals surface area contributed by atoms with Gasteiger partial charge in [0, 0.05) is 49.4 Å². The first-order valence-corrected chi connectivity index (χ1v) is 10.9. The van der Waals surface area contributed by atoms with Gasteiger partial charge in [0.2, 0.25) is 0 Å². The van der Waals surface area contributed by atoms with Crippen molar-refractivity contribution in [3.05, 3.63) is 83.2 Å². The van der Waals surface area contributed by atoms with Gasteiger partial charge in [-0.2, -0.15) is 0 Å². The predicted octanol–water partition coefficient (Wildman–Crippen LogP) is 4.10. The molecule has 174 valence electrons. The van der Waals surface area contributed by atoms with Gasteiger partial charge in [-0.15, -0.1) is 0 Å². The number of carbonyl (C=O) groups excluding carboxylic acids is 4. The van der Waals surface area contributed by atoms with Crippen molar-refractivity contribution in [3.63, 3.8) is 0 Å². The number of hydrogen-bond donors (Lipinski definition) is 2. The van der Waals surface area contributed by atoms with Crippen LogP contribution in [0.2, 0.25) is 0 Å². The fraction of sp³-hybridized carbons (Fsp3) is 0.231. The van der Waals surface area contributed by atoms with Crippen LogP contribution in [0.15, 0.2) is 72.1 Å². The van der Waals surface area contributed by atoms with Crippen LogP contribution in [0.1, 0.15) is 49.0 Å². The molecule has 0 amide bonds. The summed E-state index contributed by atoms with van der Waals surface area (Å²) in [7, 11) is 0. The topological polar surface area (TPSA) is 111 Å². The van der Waals surface area contributed by atoms with Gasteiger partial charge in [-0.1, -0.05) is 30.3 Å². The summed E-state index contributed by atoms with van der Waals surface area (Å²) in [6.45, 7) is 2.94. The van der Waals surface area contributed by atoms with Gasteiger partial charge in [-0.25, -0.2) is 9.59 Å². The molecule has 8 nitrogen and oxygen atoms in total. The molecule has 2 N–H and O–H groups in total. The number of ketones is 2. The molecule has 1 aliphatic carbocycles. The lowest BCUT2D eigenvalue weighted by Crippen LogP contribution is -2.42. The number of anilines is 2. The van der Waals surface area contributed by atoms with Gasteiger partial charge in [-0.3, -0.25) is 9.59 Å². The zero-order valence-corrected chi connectivity index (χ0v) is 18.8. The normalized spacial score (nSPS) is 17.3. The van der Waals surface area contributed by atoms with Gasteiger partial charge in [0.25, 0.3) is 5.79 Å². The van der Waals surface area contributed by atoms with Crippen LogP contribution in [0.3, 0.4) is 0 Å². The van der Waals surface area contributed by atoms with E-state index in [4.69, 9.17) is 9.47 Å². The fourth-order valence-electron chi connectivity index (χ4n) is 3.66. The lowest BCUT2D eigenvalue weighted by molar-refractivity contribution is -0.222. The molecule has 0 radical (unpaired) electrons. The summed E-state index contributed by atoms with van der Waals surface area (Å²) in [5.74, 6) is -3.09. The number of ether oxygens (including phenoxy) is 2. The zero-order chi connectivity index (χ0) is 24.3. The van der Waals surface area contributed by atoms with Crippen molar-refractivity contribution in [2.24, 2.45) is 0 Å². The minimum Gasteiger partial charge on any atom is -0.419 e. The molecule has 8 heteroatoms. The minimum atomic E-state index is -1.34. The van der Waals surface area contributed by atoms with E-state index in [9.17, 15) is 19.2 Å². The second-order valence-electron chi connectivity index (χ2n) is 8.45. The summed E-state index contributed by atoms with van der Waals surface area (Å²) >= 11 is 0. The van der Waals surface area contributed by atoms with E-state index in [2.05, 4.69) is 10.6 Å². The van der Waals surface area contributed by atoms with Gasteiger partial charge < -0.3 is 20.1 Å². The molecule has 1 aliphatic heterocycles. The maximum absolute atomic E-state index is 13.0. The summed E-state index contributed by atoms with van der Waals surface area (Å²) in [5.41, 5.74) is 2.40. The van der Waals surface area contributed by atoms with Crippen molar-refractivity contribution in [1.29, 1.82) is 0 Å². The third-order valence-corrected chi connectivity index (χ3v) is 5.31. The quantitative estimate of drug-likeness (QED) is 0.287. The summed E-state index contributed by atoms with van der Waals surface area (Å²) in [6.07, 6.45) is 4.65. The Morgan fingerprint density at radius 1 is 0.912 bits per heavy atom. The average molecular weight is 460 g/mol. The van der Waals surface area contributed by atoms with E-state index in [1.54, 1.807) is 48.5 Å². The van der Waals surface area contributed by atoms with E-state index in [-0.39, 0.29) is 17.1 Å². The molecule has 4 rings (SSSR count). The standard InChI is InChI=1S/C26H24N2O6/c1-26(2)33-24(31)20(25(32)34-26)15-27-21-12-11-17(23(30)16-7-4-3-5-8-16)13-22(21)28-18-9-6-10-19(29)14-18/h3-5,7-8,11-15,27-28H,6,9-10H2,1-2H3. The number of allylic oxidation sites excluding steroid dienone is 2. The molecule has 0 atom stereocenters. The SMILES string of the molecule is CC1(C)OC(=O)C(=CNc2ccc(C(=O)c3ccccc3)cc2NC2=CC(=O)CCC2)C(=O)O1. The Balaban J connectivity index is 1.65. The Bertz CT molecular complexity index is 1210. The van der Waals surface area contributed by atoms with Gasteiger partial charge >= 0.3 is 11.9 Å². The third kappa shape index (κ3) is 5.23. The maximum atomic E-state index is 13.0. The summed E-state index contributed by atoms with van der Waals surface area (Å²) in [6, 6.07) is 13.8. The molecule has 0 unspecified atom stereocenters. The van der Waals surface area contributed by atoms with E-state index in [1.807, 2.05) is 6.07 Å². The van der Waals surface area contributed by atoms with Crippen LogP contribution in [-0.2, 0) is 23.9 Å². The van der Waals surface area contributed by atoms with Crippen LogP contribution in [-0.4, -0.2) is 29.3 Å². The molecule has 34 heavy (non-hydrogen) atoms. The van der Waals surface area contributed by atoms with Crippen LogP contribution in [0.25, 0.3) is 0 Å². The first-order chi connectivity index (χ1) is 16.2. The van der Waals surface area contributed by atoms with Crippen LogP contribution in [0, 0.1) is 0 Å². The molecular formula is C26H24N2O6. The Labute approximate surface area is 196 Å². The average Bonchev–Trinajstić information content (AvgIpc) is 2.78. The number of carbonyl (C=O) groups is 4. The third-order valence-electron chi connectivity index (χ3n) is 5.31. The number of esters is 2. The van der Waals surface area contributed by atoms with Gasteiger partial charge in [0.15, 0.2) is 17.1 Å². The molecule has 1 saturated heterocycles. The highest BCUT2D eigenvalue weighted by molar-refractivity contribution is 6.15. The van der Waals surface area contributed by atoms with Crippen LogP contribution in [0.4, 0.5) is 11.4 Å². The molecule has 1 fully saturated rings. The fourth-order valence-corrected chi connectivity index (χ4v) is 3.66. The Hall–Kier alpha value is -4.20. The molecule has 2 aromatic carbocycles. The first-order valence-electron chi connectivity index (χ1n) is 10.9. The van der Waals surface area contributed by atoms with Gasteiger partial charge in [0.05, 0.1) is 11.4 Å². The van der Waals surface area contributed by atoms with Crippen molar-refractivity contribution in [2.75, 3.05) is 10.6 Å². The molecule has 0 saturated carbocycles. The molecular weight excluding hydrogens is 436 g/mol. The highest BCUT2D eigenvalue weighted by atomic mass is 16.7. The van der Waals surface area contributed by atoms with Gasteiger partial charge in [-0.05, 0) is 31.0 Å². The highest BCUT2D eigenvalue weighted by Crippen LogP contribution is 2.29. The first kappa shape index (κ1) is 23.0.